The smallest absolute Gasteiger partial charge is 0.331 e. The van der Waals surface area contributed by atoms with Crippen LogP contribution in [-0.2, 0) is 23.1 Å². The van der Waals surface area contributed by atoms with Crippen LogP contribution in [0, 0.1) is 0 Å². The molecule has 94 valence electrons. The predicted molar refractivity (Wildman–Crippen MR) is 61.8 cm³/mol. The van der Waals surface area contributed by atoms with Gasteiger partial charge in [0.2, 0.25) is 0 Å². The molecule has 0 aromatic carbocycles. The van der Waals surface area contributed by atoms with Gasteiger partial charge in [-0.15, -0.1) is 0 Å². The van der Waals surface area contributed by atoms with Gasteiger partial charge in [0.05, 0.1) is 6.61 Å². The maximum atomic E-state index is 11.6. The molecular weight excluding hydrogens is 224 g/mol. The molecule has 0 amide bonds. The maximum Gasteiger partial charge on any atom is 0.331 e. The van der Waals surface area contributed by atoms with Gasteiger partial charge in [-0.3, -0.25) is 9.59 Å². The lowest BCUT2D eigenvalue weighted by molar-refractivity contribution is -0.144. The second-order valence-electron chi connectivity index (χ2n) is 3.71. The molecule has 6 heteroatoms. The largest absolute Gasteiger partial charge is 0.464 e. The number of aryl methyl sites for hydroxylation is 1. The SMILES string of the molecule is CCCCOC(=O)Cn1c(=O)ccn(C)c1=O. The van der Waals surface area contributed by atoms with Crippen LogP contribution >= 0.6 is 0 Å². The van der Waals surface area contributed by atoms with E-state index in [0.29, 0.717) is 6.61 Å². The fourth-order valence-corrected chi connectivity index (χ4v) is 1.26. The van der Waals surface area contributed by atoms with Crippen LogP contribution in [0.3, 0.4) is 0 Å². The quantitative estimate of drug-likeness (QED) is 0.532. The first kappa shape index (κ1) is 13.2. The number of carbonyl (C=O) groups excluding carboxylic acids is 1. The van der Waals surface area contributed by atoms with Crippen LogP contribution in [0.5, 0.6) is 0 Å². The van der Waals surface area contributed by atoms with Crippen molar-refractivity contribution < 1.29 is 9.53 Å². The van der Waals surface area contributed by atoms with E-state index in [0.717, 1.165) is 17.4 Å². The Morgan fingerprint density at radius 2 is 2.12 bits per heavy atom. The monoisotopic (exact) mass is 240 g/mol. The third-order valence-electron chi connectivity index (χ3n) is 2.29. The Morgan fingerprint density at radius 1 is 1.41 bits per heavy atom. The van der Waals surface area contributed by atoms with Crippen molar-refractivity contribution in [1.82, 2.24) is 9.13 Å². The summed E-state index contributed by atoms with van der Waals surface area (Å²) >= 11 is 0. The Bertz CT molecular complexity index is 501. The van der Waals surface area contributed by atoms with E-state index in [1.54, 1.807) is 0 Å². The molecule has 0 saturated carbocycles. The number of unbranched alkanes of at least 4 members (excludes halogenated alkanes) is 1. The van der Waals surface area contributed by atoms with Crippen LogP contribution in [0.4, 0.5) is 0 Å². The van der Waals surface area contributed by atoms with E-state index >= 15 is 0 Å². The number of rotatable bonds is 5. The lowest BCUT2D eigenvalue weighted by Gasteiger charge is -2.06. The molecule has 1 heterocycles. The molecule has 1 rings (SSSR count). The summed E-state index contributed by atoms with van der Waals surface area (Å²) in [6.45, 7) is 1.96. The van der Waals surface area contributed by atoms with E-state index in [9.17, 15) is 14.4 Å². The maximum absolute atomic E-state index is 11.6. The van der Waals surface area contributed by atoms with Crippen LogP contribution in [0.15, 0.2) is 21.9 Å². The minimum absolute atomic E-state index is 0.317. The molecule has 0 aliphatic heterocycles. The third kappa shape index (κ3) is 3.58. The van der Waals surface area contributed by atoms with Gasteiger partial charge >= 0.3 is 11.7 Å². The predicted octanol–water partition coefficient (Wildman–Crippen LogP) is -0.110. The zero-order chi connectivity index (χ0) is 12.8. The highest BCUT2D eigenvalue weighted by molar-refractivity contribution is 5.69. The zero-order valence-corrected chi connectivity index (χ0v) is 10.0. The first-order chi connectivity index (χ1) is 8.06. The number of esters is 1. The van der Waals surface area contributed by atoms with Crippen LogP contribution < -0.4 is 11.2 Å². The summed E-state index contributed by atoms with van der Waals surface area (Å²) in [5, 5.41) is 0. The third-order valence-corrected chi connectivity index (χ3v) is 2.29. The number of hydrogen-bond acceptors (Lipinski definition) is 4. The average molecular weight is 240 g/mol. The lowest BCUT2D eigenvalue weighted by atomic mass is 10.4. The molecule has 0 bridgehead atoms. The van der Waals surface area contributed by atoms with Gasteiger partial charge in [0.25, 0.3) is 5.56 Å². The standard InChI is InChI=1S/C11H16N2O4/c1-3-4-7-17-10(15)8-13-9(14)5-6-12(2)11(13)16/h5-6H,3-4,7-8H2,1-2H3. The Kier molecular flexibility index (Phi) is 4.68. The molecule has 1 aromatic heterocycles. The first-order valence-electron chi connectivity index (χ1n) is 5.48. The van der Waals surface area contributed by atoms with Crippen molar-refractivity contribution in [2.24, 2.45) is 7.05 Å². The van der Waals surface area contributed by atoms with Gasteiger partial charge in [-0.2, -0.15) is 0 Å². The van der Waals surface area contributed by atoms with E-state index in [1.807, 2.05) is 6.92 Å². The second kappa shape index (κ2) is 6.03. The van der Waals surface area contributed by atoms with Crippen molar-refractivity contribution in [3.05, 3.63) is 33.1 Å². The Morgan fingerprint density at radius 3 is 2.76 bits per heavy atom. The van der Waals surface area contributed by atoms with E-state index in [1.165, 1.54) is 23.9 Å². The van der Waals surface area contributed by atoms with Gasteiger partial charge in [0, 0.05) is 19.3 Å². The highest BCUT2D eigenvalue weighted by Crippen LogP contribution is 1.89. The fraction of sp³-hybridized carbons (Fsp3) is 0.545. The van der Waals surface area contributed by atoms with Crippen molar-refractivity contribution in [3.63, 3.8) is 0 Å². The van der Waals surface area contributed by atoms with E-state index in [2.05, 4.69) is 0 Å². The zero-order valence-electron chi connectivity index (χ0n) is 10.0. The van der Waals surface area contributed by atoms with Gasteiger partial charge in [0.15, 0.2) is 0 Å². The fourth-order valence-electron chi connectivity index (χ4n) is 1.26. The molecule has 0 fully saturated rings. The van der Waals surface area contributed by atoms with E-state index < -0.39 is 17.2 Å². The van der Waals surface area contributed by atoms with Crippen LogP contribution in [0.2, 0.25) is 0 Å². The first-order valence-corrected chi connectivity index (χ1v) is 5.48. The van der Waals surface area contributed by atoms with Gasteiger partial charge < -0.3 is 9.30 Å². The number of hydrogen-bond donors (Lipinski definition) is 0. The number of carbonyl (C=O) groups is 1. The van der Waals surface area contributed by atoms with Crippen molar-refractivity contribution >= 4 is 5.97 Å². The lowest BCUT2D eigenvalue weighted by Crippen LogP contribution is -2.40. The van der Waals surface area contributed by atoms with Crippen LogP contribution in [0.1, 0.15) is 19.8 Å². The number of aromatic nitrogens is 2. The van der Waals surface area contributed by atoms with Gasteiger partial charge in [-0.05, 0) is 6.42 Å². The summed E-state index contributed by atoms with van der Waals surface area (Å²) in [5.41, 5.74) is -1.02. The summed E-state index contributed by atoms with van der Waals surface area (Å²) < 4.78 is 6.98. The molecule has 0 unspecified atom stereocenters. The Hall–Kier alpha value is -1.85. The summed E-state index contributed by atoms with van der Waals surface area (Å²) in [7, 11) is 1.51. The minimum Gasteiger partial charge on any atom is -0.464 e. The molecule has 0 spiro atoms. The molecule has 0 radical (unpaired) electrons. The molecule has 0 aliphatic carbocycles. The topological polar surface area (TPSA) is 70.3 Å². The van der Waals surface area contributed by atoms with E-state index in [-0.39, 0.29) is 6.54 Å². The second-order valence-corrected chi connectivity index (χ2v) is 3.71. The Balaban J connectivity index is 2.75. The van der Waals surface area contributed by atoms with Crippen molar-refractivity contribution in [1.29, 1.82) is 0 Å². The van der Waals surface area contributed by atoms with Gasteiger partial charge in [-0.1, -0.05) is 13.3 Å². The molecule has 6 nitrogen and oxygen atoms in total. The molecule has 0 saturated heterocycles. The van der Waals surface area contributed by atoms with Crippen molar-refractivity contribution in [2.75, 3.05) is 6.61 Å². The average Bonchev–Trinajstić information content (AvgIpc) is 2.30. The van der Waals surface area contributed by atoms with E-state index in [4.69, 9.17) is 4.74 Å². The molecule has 0 atom stereocenters. The summed E-state index contributed by atoms with van der Waals surface area (Å²) in [6.07, 6.45) is 3.05. The number of nitrogens with zero attached hydrogens (tertiary/aromatic N) is 2. The normalized spacial score (nSPS) is 10.2. The Labute approximate surface area is 98.4 Å². The summed E-state index contributed by atoms with van der Waals surface area (Å²) in [4.78, 5) is 34.3. The molecule has 0 N–H and O–H groups in total. The molecule has 0 aliphatic rings. The molecule has 1 aromatic rings. The van der Waals surface area contributed by atoms with Crippen molar-refractivity contribution in [3.8, 4) is 0 Å². The summed E-state index contributed by atoms with van der Waals surface area (Å²) in [6, 6.07) is 1.24. The molecular formula is C11H16N2O4. The van der Waals surface area contributed by atoms with Gasteiger partial charge in [0.1, 0.15) is 6.54 Å². The highest BCUT2D eigenvalue weighted by atomic mass is 16.5. The molecule has 17 heavy (non-hydrogen) atoms. The van der Waals surface area contributed by atoms with Gasteiger partial charge in [-0.25, -0.2) is 9.36 Å². The number of ether oxygens (including phenoxy) is 1. The highest BCUT2D eigenvalue weighted by Gasteiger charge is 2.09. The van der Waals surface area contributed by atoms with Crippen molar-refractivity contribution in [2.45, 2.75) is 26.3 Å². The minimum atomic E-state index is -0.566. The van der Waals surface area contributed by atoms with Crippen LogP contribution in [-0.4, -0.2) is 21.7 Å². The van der Waals surface area contributed by atoms with Crippen LogP contribution in [0.25, 0.3) is 0 Å². The summed E-state index contributed by atoms with van der Waals surface area (Å²) in [5.74, 6) is -0.566.